The lowest BCUT2D eigenvalue weighted by Crippen LogP contribution is -2.27. The monoisotopic (exact) mass is 317 g/mol. The van der Waals surface area contributed by atoms with Gasteiger partial charge < -0.3 is 10.5 Å². The highest BCUT2D eigenvalue weighted by Gasteiger charge is 2.38. The number of aromatic nitrogens is 1. The summed E-state index contributed by atoms with van der Waals surface area (Å²) in [6.45, 7) is 0. The van der Waals surface area contributed by atoms with Gasteiger partial charge in [0.2, 0.25) is 5.88 Å². The van der Waals surface area contributed by atoms with Gasteiger partial charge in [0, 0.05) is 36.2 Å². The summed E-state index contributed by atoms with van der Waals surface area (Å²) in [6, 6.07) is 9.89. The molecule has 1 aliphatic carbocycles. The number of benzene rings is 1. The molecule has 0 saturated carbocycles. The molecule has 0 spiro atoms. The van der Waals surface area contributed by atoms with Gasteiger partial charge in [0.1, 0.15) is 17.4 Å². The van der Waals surface area contributed by atoms with Crippen LogP contribution in [0.15, 0.2) is 59.4 Å². The number of nitrogens with zero attached hydrogens (tertiary/aromatic N) is 2. The summed E-state index contributed by atoms with van der Waals surface area (Å²) in [7, 11) is 0. The highest BCUT2D eigenvalue weighted by molar-refractivity contribution is 6.00. The largest absolute Gasteiger partial charge is 0.444 e. The molecule has 24 heavy (non-hydrogen) atoms. The third-order valence-corrected chi connectivity index (χ3v) is 4.63. The second-order valence-corrected chi connectivity index (χ2v) is 5.98. The first kappa shape index (κ1) is 14.5. The first-order valence-corrected chi connectivity index (χ1v) is 7.87. The molecule has 1 unspecified atom stereocenters. The van der Waals surface area contributed by atoms with E-state index in [0.717, 1.165) is 22.8 Å². The Morgan fingerprint density at radius 1 is 1.29 bits per heavy atom. The number of carbonyl (C=O) groups is 1. The number of fused-ring (bicyclic) bond motifs is 1. The predicted octanol–water partition coefficient (Wildman–Crippen LogP) is 3.05. The van der Waals surface area contributed by atoms with E-state index in [1.807, 2.05) is 24.3 Å². The normalized spacial score (nSPS) is 20.6. The standard InChI is InChI=1S/C19H15N3O2/c20-9-13-17(12-4-1-3-11-7-8-22-10-14(11)12)18-15(23)5-2-6-16(18)24-19(13)21/h1,3-4,7-8,10,17H,2,5-6,21H2. The molecule has 5 heteroatoms. The van der Waals surface area contributed by atoms with Crippen molar-refractivity contribution in [2.24, 2.45) is 5.73 Å². The zero-order valence-electron chi connectivity index (χ0n) is 13.0. The molecule has 1 aliphatic heterocycles. The van der Waals surface area contributed by atoms with Crippen LogP contribution in [0.3, 0.4) is 0 Å². The Kier molecular flexibility index (Phi) is 3.31. The summed E-state index contributed by atoms with van der Waals surface area (Å²) < 4.78 is 5.61. The SMILES string of the molecule is N#CC1=C(N)OC2=C(C(=O)CCC2)C1c1cccc2ccncc12. The second-order valence-electron chi connectivity index (χ2n) is 5.98. The Morgan fingerprint density at radius 2 is 2.17 bits per heavy atom. The number of carbonyl (C=O) groups excluding carboxylic acids is 1. The third-order valence-electron chi connectivity index (χ3n) is 4.63. The molecule has 5 nitrogen and oxygen atoms in total. The molecular weight excluding hydrogens is 302 g/mol. The van der Waals surface area contributed by atoms with Gasteiger partial charge in [-0.05, 0) is 23.4 Å². The molecule has 1 atom stereocenters. The average Bonchev–Trinajstić information content (AvgIpc) is 2.60. The fraction of sp³-hybridized carbons (Fsp3) is 0.211. The number of Topliss-reactive ketones (excluding diaryl/α,β-unsaturated/α-hetero) is 1. The fourth-order valence-electron chi connectivity index (χ4n) is 3.56. The van der Waals surface area contributed by atoms with Crippen LogP contribution in [0.5, 0.6) is 0 Å². The molecule has 2 N–H and O–H groups in total. The number of hydrogen-bond acceptors (Lipinski definition) is 5. The van der Waals surface area contributed by atoms with Crippen LogP contribution < -0.4 is 5.73 Å². The van der Waals surface area contributed by atoms with Crippen LogP contribution in [0.25, 0.3) is 10.8 Å². The van der Waals surface area contributed by atoms with Gasteiger partial charge in [-0.2, -0.15) is 5.26 Å². The number of nitrogens with two attached hydrogens (primary N) is 1. The van der Waals surface area contributed by atoms with Crippen LogP contribution in [-0.4, -0.2) is 10.8 Å². The van der Waals surface area contributed by atoms with Gasteiger partial charge in [0.05, 0.1) is 5.92 Å². The lowest BCUT2D eigenvalue weighted by atomic mass is 9.76. The topological polar surface area (TPSA) is 89.0 Å². The van der Waals surface area contributed by atoms with E-state index < -0.39 is 5.92 Å². The van der Waals surface area contributed by atoms with Crippen molar-refractivity contribution in [1.29, 1.82) is 5.26 Å². The van der Waals surface area contributed by atoms with Crippen LogP contribution in [0, 0.1) is 11.3 Å². The van der Waals surface area contributed by atoms with Crippen molar-refractivity contribution in [1.82, 2.24) is 4.98 Å². The Balaban J connectivity index is 2.01. The number of rotatable bonds is 1. The van der Waals surface area contributed by atoms with Gasteiger partial charge in [-0.15, -0.1) is 0 Å². The molecule has 1 aromatic heterocycles. The number of pyridine rings is 1. The Morgan fingerprint density at radius 3 is 3.00 bits per heavy atom. The van der Waals surface area contributed by atoms with Gasteiger partial charge in [-0.1, -0.05) is 18.2 Å². The maximum atomic E-state index is 12.6. The van der Waals surface area contributed by atoms with E-state index in [1.54, 1.807) is 12.4 Å². The molecule has 2 aliphatic rings. The Bertz CT molecular complexity index is 961. The Hall–Kier alpha value is -3.13. The van der Waals surface area contributed by atoms with Crippen LogP contribution in [0.4, 0.5) is 0 Å². The minimum absolute atomic E-state index is 0.0300. The maximum Gasteiger partial charge on any atom is 0.205 e. The Labute approximate surface area is 139 Å². The molecule has 0 fully saturated rings. The van der Waals surface area contributed by atoms with Crippen molar-refractivity contribution in [3.05, 3.63) is 65.0 Å². The first-order chi connectivity index (χ1) is 11.7. The molecule has 4 rings (SSSR count). The molecule has 0 radical (unpaired) electrons. The number of hydrogen-bond donors (Lipinski definition) is 1. The van der Waals surface area contributed by atoms with Gasteiger partial charge >= 0.3 is 0 Å². The lowest BCUT2D eigenvalue weighted by Gasteiger charge is -2.31. The van der Waals surface area contributed by atoms with Crippen LogP contribution in [-0.2, 0) is 9.53 Å². The molecule has 1 aromatic carbocycles. The number of allylic oxidation sites excluding steroid dienone is 3. The summed E-state index contributed by atoms with van der Waals surface area (Å²) in [5.74, 6) is 0.243. The lowest BCUT2D eigenvalue weighted by molar-refractivity contribution is -0.116. The summed E-state index contributed by atoms with van der Waals surface area (Å²) >= 11 is 0. The summed E-state index contributed by atoms with van der Waals surface area (Å²) in [6.07, 6.45) is 5.37. The van der Waals surface area contributed by atoms with E-state index in [1.165, 1.54) is 0 Å². The molecule has 118 valence electrons. The van der Waals surface area contributed by atoms with Crippen molar-refractivity contribution in [3.8, 4) is 6.07 Å². The van der Waals surface area contributed by atoms with Crippen molar-refractivity contribution in [3.63, 3.8) is 0 Å². The second kappa shape index (κ2) is 5.50. The van der Waals surface area contributed by atoms with Crippen molar-refractivity contribution < 1.29 is 9.53 Å². The highest BCUT2D eigenvalue weighted by Crippen LogP contribution is 2.44. The molecule has 2 aromatic rings. The van der Waals surface area contributed by atoms with Crippen molar-refractivity contribution in [2.75, 3.05) is 0 Å². The quantitative estimate of drug-likeness (QED) is 0.873. The fourth-order valence-corrected chi connectivity index (χ4v) is 3.56. The number of ether oxygens (including phenoxy) is 1. The van der Waals surface area contributed by atoms with Gasteiger partial charge in [-0.25, -0.2) is 0 Å². The van der Waals surface area contributed by atoms with Gasteiger partial charge in [-0.3, -0.25) is 9.78 Å². The van der Waals surface area contributed by atoms with Crippen molar-refractivity contribution in [2.45, 2.75) is 25.2 Å². The van der Waals surface area contributed by atoms with Gasteiger partial charge in [0.25, 0.3) is 0 Å². The number of ketones is 1. The van der Waals surface area contributed by atoms with E-state index in [9.17, 15) is 10.1 Å². The van der Waals surface area contributed by atoms with E-state index >= 15 is 0 Å². The maximum absolute atomic E-state index is 12.6. The van der Waals surface area contributed by atoms with E-state index in [2.05, 4.69) is 11.1 Å². The van der Waals surface area contributed by atoms with Crippen LogP contribution >= 0.6 is 0 Å². The van der Waals surface area contributed by atoms with Gasteiger partial charge in [0.15, 0.2) is 5.78 Å². The summed E-state index contributed by atoms with van der Waals surface area (Å²) in [5.41, 5.74) is 7.72. The van der Waals surface area contributed by atoms with E-state index in [4.69, 9.17) is 10.5 Å². The summed E-state index contributed by atoms with van der Waals surface area (Å²) in [4.78, 5) is 16.8. The van der Waals surface area contributed by atoms with E-state index in [0.29, 0.717) is 29.7 Å². The van der Waals surface area contributed by atoms with Crippen molar-refractivity contribution >= 4 is 16.6 Å². The van der Waals surface area contributed by atoms with Crippen LogP contribution in [0.1, 0.15) is 30.7 Å². The minimum Gasteiger partial charge on any atom is -0.444 e. The van der Waals surface area contributed by atoms with E-state index in [-0.39, 0.29) is 11.7 Å². The summed E-state index contributed by atoms with van der Waals surface area (Å²) in [5, 5.41) is 11.5. The molecule has 0 bridgehead atoms. The third kappa shape index (κ3) is 2.08. The zero-order valence-corrected chi connectivity index (χ0v) is 13.0. The van der Waals surface area contributed by atoms with Crippen LogP contribution in [0.2, 0.25) is 0 Å². The molecule has 0 amide bonds. The highest BCUT2D eigenvalue weighted by atomic mass is 16.5. The minimum atomic E-state index is -0.487. The molecular formula is C19H15N3O2. The smallest absolute Gasteiger partial charge is 0.205 e. The first-order valence-electron chi connectivity index (χ1n) is 7.87. The zero-order chi connectivity index (χ0) is 16.7. The molecule has 0 saturated heterocycles. The number of nitriles is 1. The average molecular weight is 317 g/mol. The molecule has 2 heterocycles. The predicted molar refractivity (Wildman–Crippen MR) is 88.3 cm³/mol.